The summed E-state index contributed by atoms with van der Waals surface area (Å²) in [5.41, 5.74) is 4.26. The third-order valence-electron chi connectivity index (χ3n) is 7.63. The number of fused-ring (bicyclic) bond motifs is 1. The van der Waals surface area contributed by atoms with Gasteiger partial charge in [0.2, 0.25) is 0 Å². The first-order valence-corrected chi connectivity index (χ1v) is 14.0. The predicted octanol–water partition coefficient (Wildman–Crippen LogP) is 8.86. The molecule has 0 aromatic heterocycles. The molecule has 0 spiro atoms. The molecule has 3 nitrogen and oxygen atoms in total. The summed E-state index contributed by atoms with van der Waals surface area (Å²) in [6, 6.07) is 12.7. The predicted molar refractivity (Wildman–Crippen MR) is 155 cm³/mol. The fourth-order valence-electron chi connectivity index (χ4n) is 5.76. The van der Waals surface area contributed by atoms with Crippen LogP contribution < -0.4 is 0 Å². The molecule has 202 valence electrons. The molecule has 0 amide bonds. The zero-order valence-electron chi connectivity index (χ0n) is 24.6. The molecule has 0 radical (unpaired) electrons. The van der Waals surface area contributed by atoms with Gasteiger partial charge in [-0.2, -0.15) is 0 Å². The summed E-state index contributed by atoms with van der Waals surface area (Å²) in [6.45, 7) is 18.9. The molecular weight excluding hydrogens is 456 g/mol. The fourth-order valence-corrected chi connectivity index (χ4v) is 5.76. The van der Waals surface area contributed by atoms with Gasteiger partial charge >= 0.3 is 5.97 Å². The molecule has 1 aliphatic carbocycles. The van der Waals surface area contributed by atoms with Gasteiger partial charge in [0.15, 0.2) is 0 Å². The maximum atomic E-state index is 12.7. The van der Waals surface area contributed by atoms with Crippen molar-refractivity contribution in [3.63, 3.8) is 0 Å². The number of ether oxygens (including phenoxy) is 1. The van der Waals surface area contributed by atoms with Crippen LogP contribution in [-0.2, 0) is 26.8 Å². The molecule has 0 aliphatic heterocycles. The van der Waals surface area contributed by atoms with E-state index in [4.69, 9.17) is 4.74 Å². The lowest BCUT2D eigenvalue weighted by atomic mass is 9.73. The molecule has 0 bridgehead atoms. The number of hydrogen-bond donors (Lipinski definition) is 1. The van der Waals surface area contributed by atoms with E-state index in [1.54, 1.807) is 0 Å². The summed E-state index contributed by atoms with van der Waals surface area (Å²) in [5.74, 6) is 0.769. The van der Waals surface area contributed by atoms with Crippen molar-refractivity contribution in [2.24, 2.45) is 5.92 Å². The first kappa shape index (κ1) is 29.0. The van der Waals surface area contributed by atoms with Crippen molar-refractivity contribution in [2.75, 3.05) is 0 Å². The van der Waals surface area contributed by atoms with Crippen LogP contribution >= 0.6 is 0 Å². The third kappa shape index (κ3) is 6.86. The Balaban J connectivity index is 2.16. The van der Waals surface area contributed by atoms with E-state index in [-0.39, 0.29) is 22.7 Å². The highest BCUT2D eigenvalue weighted by Crippen LogP contribution is 2.47. The topological polar surface area (TPSA) is 46.5 Å². The Labute approximate surface area is 225 Å². The van der Waals surface area contributed by atoms with Gasteiger partial charge in [0.1, 0.15) is 11.4 Å². The van der Waals surface area contributed by atoms with Gasteiger partial charge in [-0.25, -0.2) is 0 Å². The number of aromatic hydroxyl groups is 1. The fraction of sp³-hybridized carbons (Fsp3) is 0.559. The number of hydrogen-bond acceptors (Lipinski definition) is 3. The van der Waals surface area contributed by atoms with Gasteiger partial charge in [0.05, 0.1) is 0 Å². The van der Waals surface area contributed by atoms with E-state index in [0.29, 0.717) is 18.1 Å². The van der Waals surface area contributed by atoms with E-state index < -0.39 is 5.60 Å². The number of rotatable bonds is 9. The first-order valence-electron chi connectivity index (χ1n) is 14.0. The van der Waals surface area contributed by atoms with Crippen LogP contribution in [0.15, 0.2) is 42.5 Å². The lowest BCUT2D eigenvalue weighted by Crippen LogP contribution is -2.42. The van der Waals surface area contributed by atoms with Crippen molar-refractivity contribution in [3.8, 4) is 5.75 Å². The molecule has 1 N–H and O–H groups in total. The molecule has 2 aromatic carbocycles. The largest absolute Gasteiger partial charge is 0.507 e. The second-order valence-electron chi connectivity index (χ2n) is 13.5. The Kier molecular flexibility index (Phi) is 8.67. The van der Waals surface area contributed by atoms with E-state index in [0.717, 1.165) is 42.4 Å². The van der Waals surface area contributed by atoms with Crippen LogP contribution in [0.25, 0.3) is 6.08 Å². The minimum atomic E-state index is -0.701. The summed E-state index contributed by atoms with van der Waals surface area (Å²) in [7, 11) is 0. The Morgan fingerprint density at radius 3 is 2.11 bits per heavy atom. The SMILES string of the molecule is CC(=O)OC(CCCCC(C)C)(Cc1cc(C(C)(C)C)c(O)c(C(C)(C)C)c1)C1C=Cc2ccccc21. The number of carbonyl (C=O) groups excluding carboxylic acids is 1. The van der Waals surface area contributed by atoms with Crippen LogP contribution in [0.5, 0.6) is 5.75 Å². The van der Waals surface area contributed by atoms with E-state index in [1.165, 1.54) is 18.1 Å². The maximum absolute atomic E-state index is 12.7. The summed E-state index contributed by atoms with van der Waals surface area (Å²) in [5, 5.41) is 11.3. The number of phenolic OH excluding ortho intramolecular Hbond substituents is 1. The summed E-state index contributed by atoms with van der Waals surface area (Å²) >= 11 is 0. The molecule has 1 aliphatic rings. The van der Waals surface area contributed by atoms with Crippen LogP contribution in [0, 0.1) is 5.92 Å². The average molecular weight is 505 g/mol. The Morgan fingerprint density at radius 1 is 0.973 bits per heavy atom. The molecule has 0 fully saturated rings. The highest BCUT2D eigenvalue weighted by Gasteiger charge is 2.44. The van der Waals surface area contributed by atoms with Crippen molar-refractivity contribution >= 4 is 12.0 Å². The second kappa shape index (κ2) is 11.1. The van der Waals surface area contributed by atoms with Crippen LogP contribution in [0.1, 0.15) is 122 Å². The minimum Gasteiger partial charge on any atom is -0.507 e. The van der Waals surface area contributed by atoms with Crippen molar-refractivity contribution in [1.82, 2.24) is 0 Å². The molecule has 2 aromatic rings. The Bertz CT molecular complexity index is 1090. The Morgan fingerprint density at radius 2 is 1.57 bits per heavy atom. The van der Waals surface area contributed by atoms with E-state index in [2.05, 4.69) is 104 Å². The van der Waals surface area contributed by atoms with Crippen LogP contribution in [0.2, 0.25) is 0 Å². The number of benzene rings is 2. The number of esters is 1. The zero-order chi connectivity index (χ0) is 27.6. The normalized spacial score (nSPS) is 17.1. The molecule has 0 heterocycles. The number of phenols is 1. The highest BCUT2D eigenvalue weighted by molar-refractivity contribution is 5.68. The summed E-state index contributed by atoms with van der Waals surface area (Å²) in [6.07, 6.45) is 9.05. The molecule has 3 rings (SSSR count). The second-order valence-corrected chi connectivity index (χ2v) is 13.5. The highest BCUT2D eigenvalue weighted by atomic mass is 16.6. The van der Waals surface area contributed by atoms with Crippen LogP contribution in [0.3, 0.4) is 0 Å². The minimum absolute atomic E-state index is 0.0170. The molecule has 3 heteroatoms. The smallest absolute Gasteiger partial charge is 0.303 e. The van der Waals surface area contributed by atoms with Gasteiger partial charge in [-0.05, 0) is 57.4 Å². The van der Waals surface area contributed by atoms with Gasteiger partial charge in [0, 0.05) is 19.3 Å². The van der Waals surface area contributed by atoms with Gasteiger partial charge in [-0.15, -0.1) is 0 Å². The monoisotopic (exact) mass is 504 g/mol. The molecule has 0 saturated heterocycles. The molecule has 2 unspecified atom stereocenters. The number of unbranched alkanes of at least 4 members (excludes halogenated alkanes) is 1. The molecule has 2 atom stereocenters. The van der Waals surface area contributed by atoms with Crippen molar-refractivity contribution < 1.29 is 14.6 Å². The van der Waals surface area contributed by atoms with Crippen LogP contribution in [0.4, 0.5) is 0 Å². The van der Waals surface area contributed by atoms with Gasteiger partial charge in [-0.1, -0.05) is 117 Å². The lowest BCUT2D eigenvalue weighted by Gasteiger charge is -2.39. The van der Waals surface area contributed by atoms with Crippen molar-refractivity contribution in [3.05, 3.63) is 70.3 Å². The van der Waals surface area contributed by atoms with Gasteiger partial charge < -0.3 is 9.84 Å². The van der Waals surface area contributed by atoms with E-state index in [1.807, 2.05) is 0 Å². The van der Waals surface area contributed by atoms with E-state index in [9.17, 15) is 9.90 Å². The van der Waals surface area contributed by atoms with Crippen LogP contribution in [-0.4, -0.2) is 16.7 Å². The van der Waals surface area contributed by atoms with Gasteiger partial charge in [0.25, 0.3) is 0 Å². The number of carbonyl (C=O) groups is 1. The average Bonchev–Trinajstić information content (AvgIpc) is 3.20. The summed E-state index contributed by atoms with van der Waals surface area (Å²) < 4.78 is 6.42. The molecular formula is C34H48O3. The third-order valence-corrected chi connectivity index (χ3v) is 7.63. The lowest BCUT2D eigenvalue weighted by molar-refractivity contribution is -0.159. The summed E-state index contributed by atoms with van der Waals surface area (Å²) in [4.78, 5) is 12.7. The molecule has 37 heavy (non-hydrogen) atoms. The zero-order valence-corrected chi connectivity index (χ0v) is 24.6. The first-order chi connectivity index (χ1) is 17.1. The quantitative estimate of drug-likeness (QED) is 0.274. The van der Waals surface area contributed by atoms with Crippen molar-refractivity contribution in [1.29, 1.82) is 0 Å². The van der Waals surface area contributed by atoms with Crippen molar-refractivity contribution in [2.45, 2.75) is 117 Å². The van der Waals surface area contributed by atoms with E-state index >= 15 is 0 Å². The molecule has 0 saturated carbocycles. The Hall–Kier alpha value is -2.55. The maximum Gasteiger partial charge on any atom is 0.303 e. The van der Waals surface area contributed by atoms with Gasteiger partial charge in [-0.3, -0.25) is 4.79 Å². The standard InChI is InChI=1S/C34H48O3/c1-23(2)14-12-13-19-34(37-24(3)35,28-18-17-26-15-10-11-16-27(26)28)22-25-20-29(32(4,5)6)31(36)30(21-25)33(7,8)9/h10-11,15-18,20-21,23,28,36H,12-14,19,22H2,1-9H3.